The maximum atomic E-state index is 11.8. The van der Waals surface area contributed by atoms with Crippen LogP contribution in [0.2, 0.25) is 5.02 Å². The highest BCUT2D eigenvalue weighted by atomic mass is 35.5. The van der Waals surface area contributed by atoms with Crippen molar-refractivity contribution in [2.24, 2.45) is 0 Å². The van der Waals surface area contributed by atoms with Crippen LogP contribution in [0.3, 0.4) is 0 Å². The van der Waals surface area contributed by atoms with Crippen LogP contribution in [-0.4, -0.2) is 17.1 Å². The Morgan fingerprint density at radius 2 is 1.96 bits per heavy atom. The molecule has 0 amide bonds. The third kappa shape index (κ3) is 3.55. The summed E-state index contributed by atoms with van der Waals surface area (Å²) in [6.45, 7) is 0.873. The Hall–Kier alpha value is -2.30. The molecule has 1 saturated carbocycles. The van der Waals surface area contributed by atoms with Gasteiger partial charge >= 0.3 is 0 Å². The molecule has 128 valence electrons. The van der Waals surface area contributed by atoms with E-state index >= 15 is 0 Å². The van der Waals surface area contributed by atoms with Crippen LogP contribution in [0.4, 0.5) is 0 Å². The maximum absolute atomic E-state index is 11.8. The summed E-state index contributed by atoms with van der Waals surface area (Å²) in [5.41, 5.74) is 1.15. The standard InChI is InChI=1S/C20H19ClN2O2/c21-18-11-17-14(6-7-22-20(17)24)8-19(18)25-16-9-15(10-16)23-12-13-4-2-1-3-5-13/h1-8,11,15-16,23H,9-10,12H2,(H,22,24)/t15-,16+. The van der Waals surface area contributed by atoms with Crippen molar-refractivity contribution in [3.63, 3.8) is 0 Å². The summed E-state index contributed by atoms with van der Waals surface area (Å²) < 4.78 is 6.03. The van der Waals surface area contributed by atoms with Gasteiger partial charge < -0.3 is 15.0 Å². The number of benzene rings is 2. The Balaban J connectivity index is 1.36. The highest BCUT2D eigenvalue weighted by molar-refractivity contribution is 6.32. The number of hydrogen-bond donors (Lipinski definition) is 2. The van der Waals surface area contributed by atoms with Crippen LogP contribution in [0.1, 0.15) is 18.4 Å². The van der Waals surface area contributed by atoms with E-state index in [0.717, 1.165) is 24.8 Å². The van der Waals surface area contributed by atoms with Gasteiger partial charge in [0.15, 0.2) is 0 Å². The van der Waals surface area contributed by atoms with Gasteiger partial charge in [0, 0.05) is 24.2 Å². The highest BCUT2D eigenvalue weighted by Gasteiger charge is 2.30. The smallest absolute Gasteiger partial charge is 0.255 e. The first-order valence-electron chi connectivity index (χ1n) is 8.44. The third-order valence-electron chi connectivity index (χ3n) is 4.65. The molecule has 0 bridgehead atoms. The number of hydrogen-bond acceptors (Lipinski definition) is 3. The van der Waals surface area contributed by atoms with Crippen molar-refractivity contribution in [3.05, 3.63) is 75.7 Å². The Labute approximate surface area is 150 Å². The lowest BCUT2D eigenvalue weighted by atomic mass is 9.89. The van der Waals surface area contributed by atoms with Gasteiger partial charge in [-0.2, -0.15) is 0 Å². The summed E-state index contributed by atoms with van der Waals surface area (Å²) in [6, 6.07) is 16.2. The largest absolute Gasteiger partial charge is 0.489 e. The van der Waals surface area contributed by atoms with Gasteiger partial charge in [-0.3, -0.25) is 4.79 Å². The lowest BCUT2D eigenvalue weighted by Crippen LogP contribution is -2.46. The topological polar surface area (TPSA) is 54.1 Å². The Bertz CT molecular complexity index is 933. The molecule has 0 aliphatic heterocycles. The third-order valence-corrected chi connectivity index (χ3v) is 4.95. The average Bonchev–Trinajstić information content (AvgIpc) is 2.59. The van der Waals surface area contributed by atoms with Crippen molar-refractivity contribution in [1.82, 2.24) is 10.3 Å². The Morgan fingerprint density at radius 1 is 1.16 bits per heavy atom. The first kappa shape index (κ1) is 16.2. The van der Waals surface area contributed by atoms with E-state index in [9.17, 15) is 4.79 Å². The minimum Gasteiger partial charge on any atom is -0.489 e. The Kier molecular flexibility index (Phi) is 4.47. The molecule has 0 atom stereocenters. The molecule has 0 spiro atoms. The second-order valence-electron chi connectivity index (χ2n) is 6.45. The fourth-order valence-electron chi connectivity index (χ4n) is 3.14. The zero-order chi connectivity index (χ0) is 17.2. The number of rotatable bonds is 5. The molecule has 0 radical (unpaired) electrons. The summed E-state index contributed by atoms with van der Waals surface area (Å²) in [7, 11) is 0. The number of H-pyrrole nitrogens is 1. The van der Waals surface area contributed by atoms with Gasteiger partial charge in [-0.1, -0.05) is 41.9 Å². The van der Waals surface area contributed by atoms with Gasteiger partial charge in [0.25, 0.3) is 5.56 Å². The number of halogens is 1. The van der Waals surface area contributed by atoms with E-state index in [1.165, 1.54) is 5.56 Å². The molecule has 1 heterocycles. The number of aromatic amines is 1. The molecule has 2 aromatic carbocycles. The normalized spacial score (nSPS) is 19.6. The van der Waals surface area contributed by atoms with E-state index in [2.05, 4.69) is 34.6 Å². The lowest BCUT2D eigenvalue weighted by Gasteiger charge is -2.36. The fourth-order valence-corrected chi connectivity index (χ4v) is 3.35. The van der Waals surface area contributed by atoms with E-state index < -0.39 is 0 Å². The van der Waals surface area contributed by atoms with Gasteiger partial charge in [0.2, 0.25) is 0 Å². The van der Waals surface area contributed by atoms with E-state index in [1.807, 2.05) is 18.2 Å². The molecule has 1 aliphatic rings. The van der Waals surface area contributed by atoms with E-state index in [0.29, 0.717) is 22.2 Å². The SMILES string of the molecule is O=c1[nH]ccc2cc(O[C@H]3C[C@@H](NCc4ccccc4)C3)c(Cl)cc12. The van der Waals surface area contributed by atoms with E-state index in [4.69, 9.17) is 16.3 Å². The molecule has 0 unspecified atom stereocenters. The van der Waals surface area contributed by atoms with Gasteiger partial charge in [0.1, 0.15) is 11.9 Å². The van der Waals surface area contributed by atoms with E-state index in [-0.39, 0.29) is 11.7 Å². The molecule has 4 nitrogen and oxygen atoms in total. The van der Waals surface area contributed by atoms with E-state index in [1.54, 1.807) is 12.3 Å². The molecular formula is C20H19ClN2O2. The number of fused-ring (bicyclic) bond motifs is 1. The maximum Gasteiger partial charge on any atom is 0.255 e. The quantitative estimate of drug-likeness (QED) is 0.731. The molecule has 3 aromatic rings. The summed E-state index contributed by atoms with van der Waals surface area (Å²) in [5, 5.41) is 5.44. The zero-order valence-electron chi connectivity index (χ0n) is 13.7. The van der Waals surface area contributed by atoms with Crippen LogP contribution in [0.5, 0.6) is 5.75 Å². The molecule has 5 heteroatoms. The number of aromatic nitrogens is 1. The molecule has 1 fully saturated rings. The highest BCUT2D eigenvalue weighted by Crippen LogP contribution is 2.33. The summed E-state index contributed by atoms with van der Waals surface area (Å²) in [5.74, 6) is 0.645. The van der Waals surface area contributed by atoms with Gasteiger partial charge in [0.05, 0.1) is 5.02 Å². The number of nitrogens with one attached hydrogen (secondary N) is 2. The van der Waals surface area contributed by atoms with Gasteiger partial charge in [-0.15, -0.1) is 0 Å². The van der Waals surface area contributed by atoms with Crippen molar-refractivity contribution in [2.45, 2.75) is 31.5 Å². The average molecular weight is 355 g/mol. The van der Waals surface area contributed by atoms with Crippen LogP contribution in [-0.2, 0) is 6.54 Å². The van der Waals surface area contributed by atoms with Gasteiger partial charge in [-0.25, -0.2) is 0 Å². The zero-order valence-corrected chi connectivity index (χ0v) is 14.4. The Morgan fingerprint density at radius 3 is 2.76 bits per heavy atom. The fraction of sp³-hybridized carbons (Fsp3) is 0.250. The second kappa shape index (κ2) is 6.90. The van der Waals surface area contributed by atoms with Crippen molar-refractivity contribution in [2.75, 3.05) is 0 Å². The number of pyridine rings is 1. The lowest BCUT2D eigenvalue weighted by molar-refractivity contribution is 0.0845. The first-order valence-corrected chi connectivity index (χ1v) is 8.82. The van der Waals surface area contributed by atoms with Crippen molar-refractivity contribution in [3.8, 4) is 5.75 Å². The van der Waals surface area contributed by atoms with Crippen LogP contribution < -0.4 is 15.6 Å². The summed E-state index contributed by atoms with van der Waals surface area (Å²) in [6.07, 6.45) is 3.70. The summed E-state index contributed by atoms with van der Waals surface area (Å²) in [4.78, 5) is 14.5. The molecule has 4 rings (SSSR count). The predicted molar refractivity (Wildman–Crippen MR) is 100 cm³/mol. The van der Waals surface area contributed by atoms with Crippen LogP contribution in [0, 0.1) is 0 Å². The minimum atomic E-state index is -0.139. The van der Waals surface area contributed by atoms with Crippen LogP contribution in [0.15, 0.2) is 59.5 Å². The number of ether oxygens (including phenoxy) is 1. The molecule has 25 heavy (non-hydrogen) atoms. The van der Waals surface area contributed by atoms with Gasteiger partial charge in [-0.05, 0) is 42.0 Å². The monoisotopic (exact) mass is 354 g/mol. The summed E-state index contributed by atoms with van der Waals surface area (Å²) >= 11 is 6.28. The molecular weight excluding hydrogens is 336 g/mol. The van der Waals surface area contributed by atoms with Crippen molar-refractivity contribution in [1.29, 1.82) is 0 Å². The van der Waals surface area contributed by atoms with Crippen LogP contribution in [0.25, 0.3) is 10.8 Å². The first-order chi connectivity index (χ1) is 12.2. The van der Waals surface area contributed by atoms with Crippen LogP contribution >= 0.6 is 11.6 Å². The molecule has 1 aromatic heterocycles. The minimum absolute atomic E-state index is 0.139. The van der Waals surface area contributed by atoms with Crippen molar-refractivity contribution >= 4 is 22.4 Å². The predicted octanol–water partition coefficient (Wildman–Crippen LogP) is 3.88. The second-order valence-corrected chi connectivity index (χ2v) is 6.86. The molecule has 0 saturated heterocycles. The molecule has 2 N–H and O–H groups in total. The van der Waals surface area contributed by atoms with Crippen molar-refractivity contribution < 1.29 is 4.74 Å². The molecule has 1 aliphatic carbocycles.